The lowest BCUT2D eigenvalue weighted by atomic mass is 9.81. The second kappa shape index (κ2) is 5.80. The second-order valence-corrected chi connectivity index (χ2v) is 6.11. The average molecular weight is 271 g/mol. The molecule has 2 aliphatic carbocycles. The Morgan fingerprint density at radius 3 is 3.05 bits per heavy atom. The van der Waals surface area contributed by atoms with Crippen LogP contribution >= 0.6 is 0 Å². The van der Waals surface area contributed by atoms with Crippen molar-refractivity contribution in [1.82, 2.24) is 9.55 Å². The third kappa shape index (κ3) is 2.64. The molecule has 0 spiro atoms. The highest BCUT2D eigenvalue weighted by molar-refractivity contribution is 5.52. The highest BCUT2D eigenvalue weighted by Gasteiger charge is 2.24. The van der Waals surface area contributed by atoms with Gasteiger partial charge in [-0.15, -0.1) is 0 Å². The van der Waals surface area contributed by atoms with Crippen LogP contribution in [0.5, 0.6) is 0 Å². The van der Waals surface area contributed by atoms with Crippen LogP contribution in [0, 0.1) is 29.1 Å². The van der Waals surface area contributed by atoms with E-state index in [0.29, 0.717) is 18.4 Å². The number of hydrogen-bond donors (Lipinski definition) is 1. The van der Waals surface area contributed by atoms with Crippen LogP contribution in [0.4, 0.5) is 0 Å². The summed E-state index contributed by atoms with van der Waals surface area (Å²) in [6.45, 7) is 1.29. The molecular weight excluding hydrogens is 250 g/mol. The van der Waals surface area contributed by atoms with E-state index in [4.69, 9.17) is 5.26 Å². The molecule has 1 aromatic heterocycles. The molecular formula is C16H21N3O. The van der Waals surface area contributed by atoms with Crippen molar-refractivity contribution in [2.75, 3.05) is 6.61 Å². The third-order valence-corrected chi connectivity index (χ3v) is 4.65. The maximum absolute atomic E-state index is 9.33. The maximum atomic E-state index is 9.33. The summed E-state index contributed by atoms with van der Waals surface area (Å²) >= 11 is 0. The predicted molar refractivity (Wildman–Crippen MR) is 76.6 cm³/mol. The summed E-state index contributed by atoms with van der Waals surface area (Å²) in [5.41, 5.74) is 2.22. The highest BCUT2D eigenvalue weighted by atomic mass is 16.3. The second-order valence-electron chi connectivity index (χ2n) is 6.11. The summed E-state index contributed by atoms with van der Waals surface area (Å²) in [4.78, 5) is 4.45. The minimum atomic E-state index is -0.0190. The van der Waals surface area contributed by atoms with E-state index in [1.807, 2.05) is 18.5 Å². The number of allylic oxidation sites excluding steroid dienone is 1. The standard InChI is InChI=1S/C16H21N3O/c17-8-12-4-5-15-16(7-12)19(11-18-15)9-13-2-1-3-14(6-13)10-20/h4-5,11-14,20H,1-3,6-7,9-10H2. The molecule has 20 heavy (non-hydrogen) atoms. The van der Waals surface area contributed by atoms with Crippen LogP contribution in [0.2, 0.25) is 0 Å². The van der Waals surface area contributed by atoms with Gasteiger partial charge in [-0.1, -0.05) is 12.5 Å². The Bertz CT molecular complexity index is 540. The van der Waals surface area contributed by atoms with Gasteiger partial charge in [0.2, 0.25) is 0 Å². The Labute approximate surface area is 119 Å². The van der Waals surface area contributed by atoms with Crippen LogP contribution in [0.25, 0.3) is 6.08 Å². The van der Waals surface area contributed by atoms with Gasteiger partial charge in [0, 0.05) is 25.3 Å². The molecule has 1 aromatic rings. The van der Waals surface area contributed by atoms with E-state index in [1.165, 1.54) is 18.5 Å². The first kappa shape index (κ1) is 13.4. The quantitative estimate of drug-likeness (QED) is 0.918. The minimum absolute atomic E-state index is 0.0190. The summed E-state index contributed by atoms with van der Waals surface area (Å²) in [6.07, 6.45) is 11.3. The lowest BCUT2D eigenvalue weighted by Crippen LogP contribution is -2.23. The molecule has 1 heterocycles. The van der Waals surface area contributed by atoms with Crippen LogP contribution in [-0.4, -0.2) is 21.3 Å². The largest absolute Gasteiger partial charge is 0.396 e. The Balaban J connectivity index is 1.72. The van der Waals surface area contributed by atoms with E-state index in [1.54, 1.807) is 0 Å². The Morgan fingerprint density at radius 2 is 2.25 bits per heavy atom. The topological polar surface area (TPSA) is 61.8 Å². The zero-order valence-electron chi connectivity index (χ0n) is 11.7. The fourth-order valence-electron chi connectivity index (χ4n) is 3.53. The summed E-state index contributed by atoms with van der Waals surface area (Å²) in [6, 6.07) is 2.32. The first-order valence-corrected chi connectivity index (χ1v) is 7.52. The molecule has 0 radical (unpaired) electrons. The number of aliphatic hydroxyl groups is 1. The number of aliphatic hydroxyl groups excluding tert-OH is 1. The molecule has 0 bridgehead atoms. The lowest BCUT2D eigenvalue weighted by molar-refractivity contribution is 0.152. The maximum Gasteiger partial charge on any atom is 0.0955 e. The van der Waals surface area contributed by atoms with Crippen LogP contribution in [0.15, 0.2) is 12.4 Å². The van der Waals surface area contributed by atoms with E-state index < -0.39 is 0 Å². The molecule has 4 nitrogen and oxygen atoms in total. The molecule has 1 saturated carbocycles. The number of nitrogens with zero attached hydrogens (tertiary/aromatic N) is 3. The fraction of sp³-hybridized carbons (Fsp3) is 0.625. The lowest BCUT2D eigenvalue weighted by Gasteiger charge is -2.28. The van der Waals surface area contributed by atoms with Crippen molar-refractivity contribution >= 4 is 6.08 Å². The third-order valence-electron chi connectivity index (χ3n) is 4.65. The van der Waals surface area contributed by atoms with Crippen molar-refractivity contribution in [3.63, 3.8) is 0 Å². The Kier molecular flexibility index (Phi) is 3.88. The van der Waals surface area contributed by atoms with Gasteiger partial charge in [-0.3, -0.25) is 0 Å². The molecule has 0 aliphatic heterocycles. The molecule has 2 aliphatic rings. The van der Waals surface area contributed by atoms with E-state index in [2.05, 4.69) is 15.6 Å². The molecule has 0 amide bonds. The molecule has 1 N–H and O–H groups in total. The highest BCUT2D eigenvalue weighted by Crippen LogP contribution is 2.31. The summed E-state index contributed by atoms with van der Waals surface area (Å²) in [7, 11) is 0. The van der Waals surface area contributed by atoms with Crippen molar-refractivity contribution < 1.29 is 5.11 Å². The molecule has 1 fully saturated rings. The predicted octanol–water partition coefficient (Wildman–Crippen LogP) is 2.39. The van der Waals surface area contributed by atoms with Crippen LogP contribution in [-0.2, 0) is 13.0 Å². The van der Waals surface area contributed by atoms with Crippen LogP contribution in [0.3, 0.4) is 0 Å². The van der Waals surface area contributed by atoms with Gasteiger partial charge >= 0.3 is 0 Å². The fourth-order valence-corrected chi connectivity index (χ4v) is 3.53. The molecule has 4 heteroatoms. The van der Waals surface area contributed by atoms with Gasteiger partial charge < -0.3 is 9.67 Å². The Morgan fingerprint density at radius 1 is 1.40 bits per heavy atom. The van der Waals surface area contributed by atoms with Crippen LogP contribution < -0.4 is 0 Å². The zero-order valence-corrected chi connectivity index (χ0v) is 11.7. The van der Waals surface area contributed by atoms with Crippen molar-refractivity contribution in [2.45, 2.75) is 38.6 Å². The zero-order chi connectivity index (χ0) is 13.9. The number of rotatable bonds is 3. The number of hydrogen-bond acceptors (Lipinski definition) is 3. The van der Waals surface area contributed by atoms with E-state index >= 15 is 0 Å². The number of fused-ring (bicyclic) bond motifs is 1. The van der Waals surface area contributed by atoms with Crippen molar-refractivity contribution in [3.8, 4) is 6.07 Å². The number of imidazole rings is 1. The molecule has 3 atom stereocenters. The molecule has 106 valence electrons. The van der Waals surface area contributed by atoms with Gasteiger partial charge in [0.1, 0.15) is 0 Å². The summed E-state index contributed by atoms with van der Waals surface area (Å²) < 4.78 is 2.23. The van der Waals surface area contributed by atoms with Crippen molar-refractivity contribution in [3.05, 3.63) is 23.8 Å². The van der Waals surface area contributed by atoms with E-state index in [9.17, 15) is 5.11 Å². The van der Waals surface area contributed by atoms with Gasteiger partial charge in [-0.2, -0.15) is 5.26 Å². The molecule has 3 unspecified atom stereocenters. The summed E-state index contributed by atoms with van der Waals surface area (Å²) in [5, 5.41) is 18.4. The summed E-state index contributed by atoms with van der Waals surface area (Å²) in [5.74, 6) is 1.08. The van der Waals surface area contributed by atoms with Gasteiger partial charge in [0.15, 0.2) is 0 Å². The monoisotopic (exact) mass is 271 g/mol. The van der Waals surface area contributed by atoms with Crippen molar-refractivity contribution in [2.24, 2.45) is 17.8 Å². The van der Waals surface area contributed by atoms with Gasteiger partial charge in [-0.25, -0.2) is 4.98 Å². The van der Waals surface area contributed by atoms with Gasteiger partial charge in [0.25, 0.3) is 0 Å². The van der Waals surface area contributed by atoms with Gasteiger partial charge in [-0.05, 0) is 37.2 Å². The van der Waals surface area contributed by atoms with E-state index in [-0.39, 0.29) is 5.92 Å². The first-order chi connectivity index (χ1) is 9.80. The Hall–Kier alpha value is -1.60. The number of nitriles is 1. The van der Waals surface area contributed by atoms with Gasteiger partial charge in [0.05, 0.1) is 24.0 Å². The smallest absolute Gasteiger partial charge is 0.0955 e. The minimum Gasteiger partial charge on any atom is -0.396 e. The van der Waals surface area contributed by atoms with Crippen LogP contribution in [0.1, 0.15) is 37.1 Å². The molecule has 0 aromatic carbocycles. The molecule has 3 rings (SSSR count). The SMILES string of the molecule is N#CC1C=Cc2ncn(CC3CCCC(CO)C3)c2C1. The average Bonchev–Trinajstić information content (AvgIpc) is 2.89. The number of aromatic nitrogens is 2. The van der Waals surface area contributed by atoms with Crippen molar-refractivity contribution in [1.29, 1.82) is 5.26 Å². The normalized spacial score (nSPS) is 28.9. The van der Waals surface area contributed by atoms with E-state index in [0.717, 1.165) is 31.5 Å². The first-order valence-electron chi connectivity index (χ1n) is 7.52. The molecule has 0 saturated heterocycles.